The Morgan fingerprint density at radius 3 is 2.38 bits per heavy atom. The lowest BCUT2D eigenvalue weighted by atomic mass is 10.1. The quantitative estimate of drug-likeness (QED) is 0.642. The average Bonchev–Trinajstić information content (AvgIpc) is 1.98. The van der Waals surface area contributed by atoms with E-state index >= 15 is 0 Å². The zero-order valence-corrected chi connectivity index (χ0v) is 6.61. The molecule has 0 aliphatic rings. The van der Waals surface area contributed by atoms with Crippen molar-refractivity contribution in [1.82, 2.24) is 4.98 Å². The van der Waals surface area contributed by atoms with Gasteiger partial charge in [0.2, 0.25) is 0 Å². The number of anilines is 1. The number of halogens is 4. The van der Waals surface area contributed by atoms with E-state index in [1.807, 2.05) is 0 Å². The molecule has 0 aliphatic carbocycles. The molecule has 0 fully saturated rings. The molecule has 1 rings (SSSR count). The van der Waals surface area contributed by atoms with Crippen molar-refractivity contribution in [3.05, 3.63) is 23.1 Å². The number of nitrogens with two attached hydrogens (primary N) is 1. The van der Waals surface area contributed by atoms with Crippen molar-refractivity contribution in [2.45, 2.75) is 13.1 Å². The summed E-state index contributed by atoms with van der Waals surface area (Å²) in [6.07, 6.45) is -4.07. The van der Waals surface area contributed by atoms with Crippen molar-refractivity contribution in [3.8, 4) is 0 Å². The van der Waals surface area contributed by atoms with Gasteiger partial charge in [0.05, 0.1) is 5.56 Å². The van der Waals surface area contributed by atoms with Gasteiger partial charge in [-0.1, -0.05) is 0 Å². The summed E-state index contributed by atoms with van der Waals surface area (Å²) in [6, 6.07) is 0. The summed E-state index contributed by atoms with van der Waals surface area (Å²) in [6.45, 7) is 1.01. The zero-order chi connectivity index (χ0) is 10.2. The van der Waals surface area contributed by atoms with Crippen LogP contribution in [-0.4, -0.2) is 4.98 Å². The van der Waals surface area contributed by atoms with Gasteiger partial charge in [0.25, 0.3) is 0 Å². The summed E-state index contributed by atoms with van der Waals surface area (Å²) in [5.41, 5.74) is 3.35. The molecule has 2 nitrogen and oxygen atoms in total. The molecule has 0 unspecified atom stereocenters. The summed E-state index contributed by atoms with van der Waals surface area (Å²) in [5, 5.41) is 0. The van der Waals surface area contributed by atoms with Crippen LogP contribution in [-0.2, 0) is 6.18 Å². The third-order valence-corrected chi connectivity index (χ3v) is 1.60. The van der Waals surface area contributed by atoms with E-state index in [4.69, 9.17) is 5.73 Å². The maximum atomic E-state index is 12.8. The molecule has 0 aromatic carbocycles. The molecule has 6 heteroatoms. The Kier molecular flexibility index (Phi) is 2.15. The largest absolute Gasteiger partial charge is 0.418 e. The van der Waals surface area contributed by atoms with Crippen molar-refractivity contribution in [1.29, 1.82) is 0 Å². The SMILES string of the molecule is Cc1c(C(F)(F)F)cnc(N)c1F. The topological polar surface area (TPSA) is 38.9 Å². The van der Waals surface area contributed by atoms with E-state index < -0.39 is 28.9 Å². The summed E-state index contributed by atoms with van der Waals surface area (Å²) in [5.74, 6) is -1.64. The Bertz CT molecular complexity index is 332. The first-order valence-electron chi connectivity index (χ1n) is 3.32. The minimum absolute atomic E-state index is 0.522. The highest BCUT2D eigenvalue weighted by Gasteiger charge is 2.34. The van der Waals surface area contributed by atoms with Gasteiger partial charge in [-0.3, -0.25) is 0 Å². The van der Waals surface area contributed by atoms with Gasteiger partial charge in [-0.2, -0.15) is 13.2 Å². The normalized spacial score (nSPS) is 11.8. The van der Waals surface area contributed by atoms with Crippen LogP contribution in [0.15, 0.2) is 6.20 Å². The monoisotopic (exact) mass is 194 g/mol. The molecule has 0 saturated heterocycles. The standard InChI is InChI=1S/C7H6F4N2/c1-3-4(7(9,10)11)2-13-6(12)5(3)8/h2H,1H3,(H2,12,13). The lowest BCUT2D eigenvalue weighted by Gasteiger charge is -2.10. The Morgan fingerprint density at radius 1 is 1.38 bits per heavy atom. The number of hydrogen-bond donors (Lipinski definition) is 1. The fourth-order valence-electron chi connectivity index (χ4n) is 0.884. The van der Waals surface area contributed by atoms with Gasteiger partial charge in [-0.15, -0.1) is 0 Å². The number of nitrogen functional groups attached to an aromatic ring is 1. The molecule has 1 aromatic rings. The fraction of sp³-hybridized carbons (Fsp3) is 0.286. The molecule has 0 bridgehead atoms. The van der Waals surface area contributed by atoms with Gasteiger partial charge >= 0.3 is 6.18 Å². The highest BCUT2D eigenvalue weighted by Crippen LogP contribution is 2.32. The average molecular weight is 194 g/mol. The highest BCUT2D eigenvalue weighted by atomic mass is 19.4. The van der Waals surface area contributed by atoms with Gasteiger partial charge < -0.3 is 5.73 Å². The van der Waals surface area contributed by atoms with E-state index in [1.165, 1.54) is 0 Å². The second-order valence-corrected chi connectivity index (χ2v) is 2.49. The second kappa shape index (κ2) is 2.86. The van der Waals surface area contributed by atoms with Gasteiger partial charge in [0.1, 0.15) is 0 Å². The van der Waals surface area contributed by atoms with Crippen LogP contribution < -0.4 is 5.73 Å². The van der Waals surface area contributed by atoms with Gasteiger partial charge in [-0.05, 0) is 6.92 Å². The molecule has 0 amide bonds. The molecule has 1 aromatic heterocycles. The van der Waals surface area contributed by atoms with E-state index in [-0.39, 0.29) is 0 Å². The Hall–Kier alpha value is -1.33. The van der Waals surface area contributed by atoms with Crippen molar-refractivity contribution < 1.29 is 17.6 Å². The molecule has 0 atom stereocenters. The molecule has 1 heterocycles. The van der Waals surface area contributed by atoms with Crippen molar-refractivity contribution >= 4 is 5.82 Å². The molecule has 0 spiro atoms. The Morgan fingerprint density at radius 2 is 1.92 bits per heavy atom. The van der Waals surface area contributed by atoms with E-state index in [2.05, 4.69) is 4.98 Å². The molecule has 13 heavy (non-hydrogen) atoms. The van der Waals surface area contributed by atoms with Crippen LogP contribution in [0.2, 0.25) is 0 Å². The Labute approximate surface area is 71.4 Å². The number of hydrogen-bond acceptors (Lipinski definition) is 2. The second-order valence-electron chi connectivity index (χ2n) is 2.49. The molecule has 2 N–H and O–H groups in total. The van der Waals surface area contributed by atoms with Crippen LogP contribution >= 0.6 is 0 Å². The van der Waals surface area contributed by atoms with Crippen LogP contribution in [0, 0.1) is 12.7 Å². The van der Waals surface area contributed by atoms with Crippen molar-refractivity contribution in [3.63, 3.8) is 0 Å². The number of nitrogens with zero attached hydrogens (tertiary/aromatic N) is 1. The zero-order valence-electron chi connectivity index (χ0n) is 6.61. The summed E-state index contributed by atoms with van der Waals surface area (Å²) < 4.78 is 49.2. The van der Waals surface area contributed by atoms with E-state index in [1.54, 1.807) is 0 Å². The minimum Gasteiger partial charge on any atom is -0.381 e. The van der Waals surface area contributed by atoms with Gasteiger partial charge in [-0.25, -0.2) is 9.37 Å². The lowest BCUT2D eigenvalue weighted by Crippen LogP contribution is -2.11. The molecular formula is C7H6F4N2. The highest BCUT2D eigenvalue weighted by molar-refractivity contribution is 5.39. The summed E-state index contributed by atoms with van der Waals surface area (Å²) in [4.78, 5) is 3.09. The first-order valence-corrected chi connectivity index (χ1v) is 3.32. The van der Waals surface area contributed by atoms with Crippen LogP contribution in [0.4, 0.5) is 23.4 Å². The first-order chi connectivity index (χ1) is 5.84. The molecule has 72 valence electrons. The van der Waals surface area contributed by atoms with E-state index in [9.17, 15) is 17.6 Å². The maximum absolute atomic E-state index is 12.8. The van der Waals surface area contributed by atoms with E-state index in [0.29, 0.717) is 6.20 Å². The smallest absolute Gasteiger partial charge is 0.381 e. The van der Waals surface area contributed by atoms with Gasteiger partial charge in [0.15, 0.2) is 11.6 Å². The lowest BCUT2D eigenvalue weighted by molar-refractivity contribution is -0.138. The number of pyridine rings is 1. The van der Waals surface area contributed by atoms with Crippen LogP contribution in [0.1, 0.15) is 11.1 Å². The predicted octanol–water partition coefficient (Wildman–Crippen LogP) is 2.13. The van der Waals surface area contributed by atoms with Crippen molar-refractivity contribution in [2.24, 2.45) is 0 Å². The summed E-state index contributed by atoms with van der Waals surface area (Å²) in [7, 11) is 0. The van der Waals surface area contributed by atoms with E-state index in [0.717, 1.165) is 6.92 Å². The predicted molar refractivity (Wildman–Crippen MR) is 38.3 cm³/mol. The molecule has 0 aliphatic heterocycles. The third kappa shape index (κ3) is 1.71. The van der Waals surface area contributed by atoms with Crippen LogP contribution in [0.3, 0.4) is 0 Å². The van der Waals surface area contributed by atoms with Crippen LogP contribution in [0.5, 0.6) is 0 Å². The molecular weight excluding hydrogens is 188 g/mol. The fourth-order valence-corrected chi connectivity index (χ4v) is 0.884. The number of aromatic nitrogens is 1. The summed E-state index contributed by atoms with van der Waals surface area (Å²) >= 11 is 0. The van der Waals surface area contributed by atoms with Crippen molar-refractivity contribution in [2.75, 3.05) is 5.73 Å². The van der Waals surface area contributed by atoms with Crippen LogP contribution in [0.25, 0.3) is 0 Å². The number of rotatable bonds is 0. The first kappa shape index (κ1) is 9.76. The number of alkyl halides is 3. The third-order valence-electron chi connectivity index (χ3n) is 1.60. The maximum Gasteiger partial charge on any atom is 0.418 e. The minimum atomic E-state index is -4.59. The molecule has 0 radical (unpaired) electrons. The molecule has 0 saturated carbocycles. The van der Waals surface area contributed by atoms with Gasteiger partial charge in [0, 0.05) is 11.8 Å². The Balaban J connectivity index is 3.35.